The van der Waals surface area contributed by atoms with Gasteiger partial charge < -0.3 is 10.2 Å². The Labute approximate surface area is 131 Å². The summed E-state index contributed by atoms with van der Waals surface area (Å²) in [6, 6.07) is 5.63. The number of fused-ring (bicyclic) bond motifs is 3. The second-order valence-corrected chi connectivity index (χ2v) is 5.51. The van der Waals surface area contributed by atoms with Gasteiger partial charge in [-0.15, -0.1) is 0 Å². The van der Waals surface area contributed by atoms with Gasteiger partial charge >= 0.3 is 6.03 Å². The van der Waals surface area contributed by atoms with Gasteiger partial charge in [0.2, 0.25) is 0 Å². The third-order valence-corrected chi connectivity index (χ3v) is 4.04. The summed E-state index contributed by atoms with van der Waals surface area (Å²) in [6.45, 7) is 1.07. The predicted octanol–water partition coefficient (Wildman–Crippen LogP) is 2.69. The van der Waals surface area contributed by atoms with Crippen molar-refractivity contribution in [1.29, 1.82) is 0 Å². The van der Waals surface area contributed by atoms with Gasteiger partial charge in [0.25, 0.3) is 0 Å². The van der Waals surface area contributed by atoms with Crippen LogP contribution in [-0.2, 0) is 13.0 Å². The van der Waals surface area contributed by atoms with Crippen molar-refractivity contribution in [2.75, 3.05) is 11.9 Å². The Morgan fingerprint density at radius 1 is 1.35 bits per heavy atom. The fourth-order valence-corrected chi connectivity index (χ4v) is 2.90. The number of hydrogen-bond acceptors (Lipinski definition) is 3. The summed E-state index contributed by atoms with van der Waals surface area (Å²) in [6.07, 6.45) is 4.28. The van der Waals surface area contributed by atoms with Crippen molar-refractivity contribution in [3.63, 3.8) is 0 Å². The summed E-state index contributed by atoms with van der Waals surface area (Å²) in [5.41, 5.74) is 3.41. The highest BCUT2D eigenvalue weighted by Gasteiger charge is 2.23. The zero-order valence-corrected chi connectivity index (χ0v) is 12.2. The fourth-order valence-electron chi connectivity index (χ4n) is 2.90. The Balaban J connectivity index is 1.54. The number of amides is 2. The number of halogens is 1. The number of carbonyl (C=O) groups excluding carboxylic acids is 1. The van der Waals surface area contributed by atoms with Gasteiger partial charge in [0.15, 0.2) is 5.65 Å². The van der Waals surface area contributed by atoms with Gasteiger partial charge in [-0.1, -0.05) is 6.07 Å². The number of carbonyl (C=O) groups is 1. The summed E-state index contributed by atoms with van der Waals surface area (Å²) in [5, 5.41) is 10.6. The predicted molar refractivity (Wildman–Crippen MR) is 83.4 cm³/mol. The Morgan fingerprint density at radius 2 is 2.26 bits per heavy atom. The maximum Gasteiger partial charge on any atom is 0.322 e. The molecule has 116 valence electrons. The molecule has 6 nitrogen and oxygen atoms in total. The number of nitrogens with one attached hydrogen (secondary N) is 2. The van der Waals surface area contributed by atoms with Crippen molar-refractivity contribution < 1.29 is 9.18 Å². The zero-order valence-electron chi connectivity index (χ0n) is 12.2. The van der Waals surface area contributed by atoms with Crippen LogP contribution in [0.1, 0.15) is 11.1 Å². The molecule has 2 amide bonds. The maximum atomic E-state index is 13.2. The molecule has 23 heavy (non-hydrogen) atoms. The number of aromatic amines is 1. The van der Waals surface area contributed by atoms with E-state index < -0.39 is 0 Å². The molecule has 0 aliphatic carbocycles. The van der Waals surface area contributed by atoms with Crippen molar-refractivity contribution in [2.45, 2.75) is 13.0 Å². The molecular weight excluding hydrogens is 297 g/mol. The average Bonchev–Trinajstić information content (AvgIpc) is 3.03. The second-order valence-electron chi connectivity index (χ2n) is 5.51. The largest absolute Gasteiger partial charge is 0.322 e. The highest BCUT2D eigenvalue weighted by Crippen LogP contribution is 2.25. The minimum Gasteiger partial charge on any atom is -0.320 e. The lowest BCUT2D eigenvalue weighted by molar-refractivity contribution is 0.206. The van der Waals surface area contributed by atoms with Crippen LogP contribution >= 0.6 is 0 Å². The second kappa shape index (κ2) is 5.35. The third-order valence-electron chi connectivity index (χ3n) is 4.04. The minimum atomic E-state index is -0.377. The summed E-state index contributed by atoms with van der Waals surface area (Å²) < 4.78 is 13.2. The van der Waals surface area contributed by atoms with Gasteiger partial charge in [0, 0.05) is 30.4 Å². The molecule has 7 heteroatoms. The average molecular weight is 311 g/mol. The molecule has 0 unspecified atom stereocenters. The SMILES string of the molecule is O=C(Nc1cccc(F)c1)N1CCc2c(cnc3[nH]ncc23)C1. The smallest absolute Gasteiger partial charge is 0.320 e. The maximum absolute atomic E-state index is 13.2. The first kappa shape index (κ1) is 13.7. The van der Waals surface area contributed by atoms with Gasteiger partial charge in [0.05, 0.1) is 6.20 Å². The molecule has 0 spiro atoms. The fraction of sp³-hybridized carbons (Fsp3) is 0.188. The third kappa shape index (κ3) is 2.50. The first-order chi connectivity index (χ1) is 11.2. The van der Waals surface area contributed by atoms with Gasteiger partial charge in [0.1, 0.15) is 5.82 Å². The van der Waals surface area contributed by atoms with Crippen LogP contribution in [0.25, 0.3) is 11.0 Å². The van der Waals surface area contributed by atoms with E-state index in [1.807, 2.05) is 0 Å². The molecule has 0 saturated heterocycles. The lowest BCUT2D eigenvalue weighted by Gasteiger charge is -2.29. The van der Waals surface area contributed by atoms with E-state index in [1.165, 1.54) is 17.7 Å². The number of urea groups is 1. The first-order valence-electron chi connectivity index (χ1n) is 7.32. The number of H-pyrrole nitrogens is 1. The molecule has 1 aromatic carbocycles. The standard InChI is InChI=1S/C16H14FN5O/c17-11-2-1-3-12(6-11)20-16(23)22-5-4-13-10(9-22)7-18-15-14(13)8-19-21-15/h1-3,6-8H,4-5,9H2,(H,20,23)(H,18,19,21). The number of pyridine rings is 1. The van der Waals surface area contributed by atoms with E-state index >= 15 is 0 Å². The minimum absolute atomic E-state index is 0.242. The van der Waals surface area contributed by atoms with Crippen LogP contribution in [0.3, 0.4) is 0 Å². The molecule has 0 saturated carbocycles. The number of anilines is 1. The Hall–Kier alpha value is -2.96. The normalized spacial score (nSPS) is 13.9. The van der Waals surface area contributed by atoms with E-state index in [2.05, 4.69) is 20.5 Å². The monoisotopic (exact) mass is 311 g/mol. The topological polar surface area (TPSA) is 73.9 Å². The molecule has 2 aromatic heterocycles. The van der Waals surface area contributed by atoms with Gasteiger partial charge in [-0.25, -0.2) is 14.2 Å². The Kier molecular flexibility index (Phi) is 3.18. The summed E-state index contributed by atoms with van der Waals surface area (Å²) in [4.78, 5) is 18.4. The molecular formula is C16H14FN5O. The Bertz CT molecular complexity index is 891. The van der Waals surface area contributed by atoms with E-state index in [0.29, 0.717) is 18.8 Å². The zero-order chi connectivity index (χ0) is 15.8. The molecule has 3 aromatic rings. The van der Waals surface area contributed by atoms with E-state index in [0.717, 1.165) is 23.0 Å². The van der Waals surface area contributed by atoms with Crippen LogP contribution in [0.4, 0.5) is 14.9 Å². The molecule has 0 fully saturated rings. The van der Waals surface area contributed by atoms with Gasteiger partial charge in [-0.2, -0.15) is 5.10 Å². The summed E-state index contributed by atoms with van der Waals surface area (Å²) >= 11 is 0. The molecule has 0 radical (unpaired) electrons. The molecule has 0 bridgehead atoms. The van der Waals surface area contributed by atoms with Crippen LogP contribution in [0.5, 0.6) is 0 Å². The lowest BCUT2D eigenvalue weighted by atomic mass is 9.99. The first-order valence-corrected chi connectivity index (χ1v) is 7.32. The van der Waals surface area contributed by atoms with Gasteiger partial charge in [-0.3, -0.25) is 5.10 Å². The van der Waals surface area contributed by atoms with Crippen molar-refractivity contribution in [2.24, 2.45) is 0 Å². The van der Waals surface area contributed by atoms with Crippen molar-refractivity contribution >= 4 is 22.8 Å². The quantitative estimate of drug-likeness (QED) is 0.725. The molecule has 3 heterocycles. The van der Waals surface area contributed by atoms with Crippen molar-refractivity contribution in [1.82, 2.24) is 20.1 Å². The molecule has 1 aliphatic heterocycles. The number of aromatic nitrogens is 3. The number of nitrogens with zero attached hydrogens (tertiary/aromatic N) is 3. The van der Waals surface area contributed by atoms with Gasteiger partial charge in [-0.05, 0) is 35.7 Å². The van der Waals surface area contributed by atoms with Crippen molar-refractivity contribution in [3.8, 4) is 0 Å². The summed E-state index contributed by atoms with van der Waals surface area (Å²) in [7, 11) is 0. The van der Waals surface area contributed by atoms with E-state index in [9.17, 15) is 9.18 Å². The molecule has 4 rings (SSSR count). The number of benzene rings is 1. The summed E-state index contributed by atoms with van der Waals surface area (Å²) in [5.74, 6) is -0.377. The van der Waals surface area contributed by atoms with Crippen LogP contribution in [0.2, 0.25) is 0 Å². The highest BCUT2D eigenvalue weighted by atomic mass is 19.1. The molecule has 2 N–H and O–H groups in total. The lowest BCUT2D eigenvalue weighted by Crippen LogP contribution is -2.39. The van der Waals surface area contributed by atoms with E-state index in [4.69, 9.17) is 0 Å². The Morgan fingerprint density at radius 3 is 3.13 bits per heavy atom. The molecule has 1 aliphatic rings. The van der Waals surface area contributed by atoms with Crippen LogP contribution in [0.15, 0.2) is 36.7 Å². The highest BCUT2D eigenvalue weighted by molar-refractivity contribution is 5.90. The van der Waals surface area contributed by atoms with E-state index in [-0.39, 0.29) is 11.8 Å². The molecule has 0 atom stereocenters. The van der Waals surface area contributed by atoms with Crippen LogP contribution < -0.4 is 5.32 Å². The van der Waals surface area contributed by atoms with Crippen molar-refractivity contribution in [3.05, 3.63) is 53.6 Å². The van der Waals surface area contributed by atoms with Crippen LogP contribution in [0, 0.1) is 5.82 Å². The number of rotatable bonds is 1. The van der Waals surface area contributed by atoms with E-state index in [1.54, 1.807) is 29.4 Å². The van der Waals surface area contributed by atoms with Crippen LogP contribution in [-0.4, -0.2) is 32.7 Å². The number of hydrogen-bond donors (Lipinski definition) is 2.